The second kappa shape index (κ2) is 9.05. The lowest BCUT2D eigenvalue weighted by atomic mass is 10.0. The summed E-state index contributed by atoms with van der Waals surface area (Å²) in [7, 11) is 0. The fourth-order valence-corrected chi connectivity index (χ4v) is 3.29. The van der Waals surface area contributed by atoms with Crippen molar-refractivity contribution in [2.24, 2.45) is 0 Å². The zero-order valence-electron chi connectivity index (χ0n) is 17.0. The minimum Gasteiger partial charge on any atom is -0.308 e. The van der Waals surface area contributed by atoms with Crippen molar-refractivity contribution in [2.75, 3.05) is 10.6 Å². The molecule has 0 bridgehead atoms. The van der Waals surface area contributed by atoms with Gasteiger partial charge < -0.3 is 10.6 Å². The molecule has 2 amide bonds. The molecule has 1 aromatic heterocycles. The minimum absolute atomic E-state index is 0.145. The fourth-order valence-electron chi connectivity index (χ4n) is 3.29. The fraction of sp³-hybridized carbons (Fsp3) is 0.0385. The summed E-state index contributed by atoms with van der Waals surface area (Å²) >= 11 is 0. The Bertz CT molecular complexity index is 1220. The van der Waals surface area contributed by atoms with Crippen molar-refractivity contribution in [1.82, 2.24) is 4.98 Å². The lowest BCUT2D eigenvalue weighted by Crippen LogP contribution is -2.21. The molecule has 1 heterocycles. The summed E-state index contributed by atoms with van der Waals surface area (Å²) in [6.07, 6.45) is 1.78. The highest BCUT2D eigenvalue weighted by molar-refractivity contribution is 6.14. The first kappa shape index (κ1) is 20.0. The normalized spacial score (nSPS) is 10.4. The predicted molar refractivity (Wildman–Crippen MR) is 123 cm³/mol. The Morgan fingerprint density at radius 3 is 2.19 bits per heavy atom. The number of nitrogens with zero attached hydrogens (tertiary/aromatic N) is 1. The van der Waals surface area contributed by atoms with Gasteiger partial charge in [0.2, 0.25) is 0 Å². The van der Waals surface area contributed by atoms with E-state index in [2.05, 4.69) is 15.6 Å². The van der Waals surface area contributed by atoms with Crippen LogP contribution in [0, 0.1) is 6.92 Å². The standard InChI is InChI=1S/C26H21N3O2/c1-18-17-21(15-16-27-18)19-11-13-22(14-12-19)28-26(31)29-24-10-6-5-9-23(24)25(30)20-7-3-2-4-8-20/h2-17H,1H3,(H2,28,29,31). The Kier molecular flexibility index (Phi) is 5.85. The second-order valence-electron chi connectivity index (χ2n) is 7.08. The summed E-state index contributed by atoms with van der Waals surface area (Å²) in [4.78, 5) is 29.6. The van der Waals surface area contributed by atoms with Gasteiger partial charge in [0.25, 0.3) is 0 Å². The molecule has 4 rings (SSSR count). The van der Waals surface area contributed by atoms with Gasteiger partial charge in [-0.3, -0.25) is 9.78 Å². The van der Waals surface area contributed by atoms with Gasteiger partial charge in [0.05, 0.1) is 5.69 Å². The van der Waals surface area contributed by atoms with Gasteiger partial charge in [-0.05, 0) is 54.4 Å². The molecule has 0 unspecified atom stereocenters. The van der Waals surface area contributed by atoms with Crippen molar-refractivity contribution in [3.63, 3.8) is 0 Å². The molecule has 0 saturated carbocycles. The molecule has 0 fully saturated rings. The third kappa shape index (κ3) is 4.85. The first-order chi connectivity index (χ1) is 15.1. The largest absolute Gasteiger partial charge is 0.323 e. The highest BCUT2D eigenvalue weighted by Gasteiger charge is 2.14. The number of nitrogens with one attached hydrogen (secondary N) is 2. The molecule has 0 aliphatic carbocycles. The molecule has 0 spiro atoms. The number of ketones is 1. The van der Waals surface area contributed by atoms with Crippen molar-refractivity contribution in [2.45, 2.75) is 6.92 Å². The lowest BCUT2D eigenvalue weighted by Gasteiger charge is -2.12. The van der Waals surface area contributed by atoms with E-state index in [9.17, 15) is 9.59 Å². The number of amides is 2. The lowest BCUT2D eigenvalue weighted by molar-refractivity contribution is 0.103. The van der Waals surface area contributed by atoms with Crippen LogP contribution in [0.1, 0.15) is 21.6 Å². The van der Waals surface area contributed by atoms with E-state index in [1.54, 1.807) is 42.6 Å². The van der Waals surface area contributed by atoms with Gasteiger partial charge in [0.15, 0.2) is 5.78 Å². The van der Waals surface area contributed by atoms with E-state index in [-0.39, 0.29) is 5.78 Å². The Labute approximate surface area is 180 Å². The molecule has 0 saturated heterocycles. The number of anilines is 2. The summed E-state index contributed by atoms with van der Waals surface area (Å²) in [5.41, 5.74) is 5.16. The molecule has 31 heavy (non-hydrogen) atoms. The smallest absolute Gasteiger partial charge is 0.308 e. The topological polar surface area (TPSA) is 71.1 Å². The van der Waals surface area contributed by atoms with E-state index in [4.69, 9.17) is 0 Å². The Balaban J connectivity index is 1.47. The van der Waals surface area contributed by atoms with E-state index in [1.165, 1.54) is 0 Å². The van der Waals surface area contributed by atoms with Crippen LogP contribution in [0.2, 0.25) is 0 Å². The van der Waals surface area contributed by atoms with Crippen LogP contribution >= 0.6 is 0 Å². The SMILES string of the molecule is Cc1cc(-c2ccc(NC(=O)Nc3ccccc3C(=O)c3ccccc3)cc2)ccn1. The van der Waals surface area contributed by atoms with Crippen LogP contribution in [0.5, 0.6) is 0 Å². The van der Waals surface area contributed by atoms with Crippen molar-refractivity contribution in [3.8, 4) is 11.1 Å². The summed E-state index contributed by atoms with van der Waals surface area (Å²) in [6.45, 7) is 1.95. The molecule has 5 nitrogen and oxygen atoms in total. The third-order valence-corrected chi connectivity index (χ3v) is 4.83. The van der Waals surface area contributed by atoms with Crippen LogP contribution in [-0.4, -0.2) is 16.8 Å². The van der Waals surface area contributed by atoms with E-state index >= 15 is 0 Å². The molecule has 0 radical (unpaired) electrons. The van der Waals surface area contributed by atoms with Gasteiger partial charge >= 0.3 is 6.03 Å². The van der Waals surface area contributed by atoms with Gasteiger partial charge in [0.1, 0.15) is 0 Å². The van der Waals surface area contributed by atoms with Gasteiger partial charge in [-0.25, -0.2) is 4.79 Å². The first-order valence-electron chi connectivity index (χ1n) is 9.90. The highest BCUT2D eigenvalue weighted by Crippen LogP contribution is 2.23. The van der Waals surface area contributed by atoms with Gasteiger partial charge in [0, 0.05) is 28.7 Å². The number of aromatic nitrogens is 1. The molecule has 3 aromatic carbocycles. The number of carbonyl (C=O) groups is 2. The molecular formula is C26H21N3O2. The van der Waals surface area contributed by atoms with Crippen LogP contribution in [0.4, 0.5) is 16.2 Å². The van der Waals surface area contributed by atoms with Crippen molar-refractivity contribution in [1.29, 1.82) is 0 Å². The van der Waals surface area contributed by atoms with Crippen LogP contribution in [0.15, 0.2) is 97.2 Å². The van der Waals surface area contributed by atoms with Gasteiger partial charge in [-0.15, -0.1) is 0 Å². The average Bonchev–Trinajstić information content (AvgIpc) is 2.80. The number of hydrogen-bond donors (Lipinski definition) is 2. The molecule has 2 N–H and O–H groups in total. The van der Waals surface area contributed by atoms with E-state index in [0.29, 0.717) is 22.5 Å². The summed E-state index contributed by atoms with van der Waals surface area (Å²) in [5, 5.41) is 5.60. The number of pyridine rings is 1. The van der Waals surface area contributed by atoms with Gasteiger partial charge in [-0.2, -0.15) is 0 Å². The summed E-state index contributed by atoms with van der Waals surface area (Å²) in [6, 6.07) is 27.1. The molecule has 0 atom stereocenters. The Hall–Kier alpha value is -4.25. The molecule has 0 aliphatic rings. The second-order valence-corrected chi connectivity index (χ2v) is 7.08. The maximum Gasteiger partial charge on any atom is 0.323 e. The average molecular weight is 407 g/mol. The van der Waals surface area contributed by atoms with Crippen LogP contribution < -0.4 is 10.6 Å². The number of hydrogen-bond acceptors (Lipinski definition) is 3. The number of urea groups is 1. The molecule has 4 aromatic rings. The maximum atomic E-state index is 12.8. The van der Waals surface area contributed by atoms with E-state index in [0.717, 1.165) is 16.8 Å². The summed E-state index contributed by atoms with van der Waals surface area (Å²) in [5.74, 6) is -0.145. The molecular weight excluding hydrogens is 386 g/mol. The molecule has 0 aliphatic heterocycles. The van der Waals surface area contributed by atoms with Crippen molar-refractivity contribution < 1.29 is 9.59 Å². The Morgan fingerprint density at radius 2 is 1.45 bits per heavy atom. The number of carbonyl (C=O) groups excluding carboxylic acids is 2. The zero-order valence-corrected chi connectivity index (χ0v) is 17.0. The van der Waals surface area contributed by atoms with Crippen LogP contribution in [-0.2, 0) is 0 Å². The summed E-state index contributed by atoms with van der Waals surface area (Å²) < 4.78 is 0. The number of rotatable bonds is 5. The van der Waals surface area contributed by atoms with E-state index < -0.39 is 6.03 Å². The first-order valence-corrected chi connectivity index (χ1v) is 9.90. The number of benzene rings is 3. The quantitative estimate of drug-likeness (QED) is 0.403. The van der Waals surface area contributed by atoms with Gasteiger partial charge in [-0.1, -0.05) is 54.6 Å². The number of para-hydroxylation sites is 1. The monoisotopic (exact) mass is 407 g/mol. The predicted octanol–water partition coefficient (Wildman–Crippen LogP) is 5.93. The minimum atomic E-state index is -0.416. The zero-order chi connectivity index (χ0) is 21.6. The number of aryl methyl sites for hydroxylation is 1. The molecule has 152 valence electrons. The molecule has 5 heteroatoms. The maximum absolute atomic E-state index is 12.8. The van der Waals surface area contributed by atoms with E-state index in [1.807, 2.05) is 61.5 Å². The van der Waals surface area contributed by atoms with Crippen LogP contribution in [0.3, 0.4) is 0 Å². The van der Waals surface area contributed by atoms with Crippen molar-refractivity contribution in [3.05, 3.63) is 114 Å². The highest BCUT2D eigenvalue weighted by atomic mass is 16.2. The third-order valence-electron chi connectivity index (χ3n) is 4.83. The van der Waals surface area contributed by atoms with Crippen LogP contribution in [0.25, 0.3) is 11.1 Å². The van der Waals surface area contributed by atoms with Crippen molar-refractivity contribution >= 4 is 23.2 Å². The Morgan fingerprint density at radius 1 is 0.742 bits per heavy atom.